The van der Waals surface area contributed by atoms with Crippen LogP contribution in [0.3, 0.4) is 0 Å². The van der Waals surface area contributed by atoms with Gasteiger partial charge in [-0.05, 0) is 33.2 Å². The first kappa shape index (κ1) is 22.9. The summed E-state index contributed by atoms with van der Waals surface area (Å²) < 4.78 is 16.0. The number of amides is 1. The van der Waals surface area contributed by atoms with Crippen LogP contribution in [0, 0.1) is 0 Å². The maximum atomic E-state index is 12.2. The van der Waals surface area contributed by atoms with Crippen LogP contribution >= 0.6 is 0 Å². The van der Waals surface area contributed by atoms with Crippen molar-refractivity contribution in [1.82, 2.24) is 5.32 Å². The van der Waals surface area contributed by atoms with Crippen LogP contribution in [0.15, 0.2) is 0 Å². The van der Waals surface area contributed by atoms with Gasteiger partial charge in [-0.25, -0.2) is 9.59 Å². The fraction of sp³-hybridized carbons (Fsp3) is 0.882. The van der Waals surface area contributed by atoms with E-state index in [1.165, 1.54) is 0 Å². The molecule has 1 amide bonds. The third-order valence-corrected chi connectivity index (χ3v) is 4.70. The largest absolute Gasteiger partial charge is 0.464 e. The lowest BCUT2D eigenvalue weighted by molar-refractivity contribution is -0.147. The number of carbonyl (C=O) groups is 2. The summed E-state index contributed by atoms with van der Waals surface area (Å²) in [6, 6.07) is 0.0348. The molecule has 0 unspecified atom stereocenters. The molecule has 0 aromatic carbocycles. The first-order valence-electron chi connectivity index (χ1n) is 8.68. The predicted octanol–water partition coefficient (Wildman–Crippen LogP) is 3.58. The van der Waals surface area contributed by atoms with E-state index in [2.05, 4.69) is 31.9 Å². The summed E-state index contributed by atoms with van der Waals surface area (Å²) in [6.45, 7) is 15.0. The predicted molar refractivity (Wildman–Crippen MR) is 98.0 cm³/mol. The van der Waals surface area contributed by atoms with Gasteiger partial charge < -0.3 is 19.5 Å². The molecule has 142 valence electrons. The molecular formula is C17H35NO5Si. The van der Waals surface area contributed by atoms with Gasteiger partial charge in [-0.1, -0.05) is 33.0 Å². The molecule has 1 atom stereocenters. The van der Waals surface area contributed by atoms with Crippen molar-refractivity contribution in [2.24, 2.45) is 0 Å². The molecule has 0 aliphatic rings. The zero-order chi connectivity index (χ0) is 18.8. The topological polar surface area (TPSA) is 73.9 Å². The number of hydrogen-bond donors (Lipinski definition) is 1. The summed E-state index contributed by atoms with van der Waals surface area (Å²) in [5, 5.41) is 2.55. The first-order chi connectivity index (χ1) is 10.9. The van der Waals surface area contributed by atoms with Crippen LogP contribution in [0.4, 0.5) is 4.79 Å². The van der Waals surface area contributed by atoms with Gasteiger partial charge in [-0.2, -0.15) is 0 Å². The van der Waals surface area contributed by atoms with E-state index in [0.29, 0.717) is 13.2 Å². The summed E-state index contributed by atoms with van der Waals surface area (Å²) in [4.78, 5) is 24.1. The van der Waals surface area contributed by atoms with Crippen molar-refractivity contribution < 1.29 is 23.8 Å². The normalized spacial score (nSPS) is 13.3. The van der Waals surface area contributed by atoms with Gasteiger partial charge in [-0.15, -0.1) is 0 Å². The molecule has 0 aromatic heterocycles. The Morgan fingerprint density at radius 2 is 1.75 bits per heavy atom. The number of unbranched alkanes of at least 4 members (excludes halogenated alkanes) is 1. The Balaban J connectivity index is 4.55. The summed E-state index contributed by atoms with van der Waals surface area (Å²) >= 11 is 0. The van der Waals surface area contributed by atoms with Gasteiger partial charge in [0.05, 0.1) is 13.2 Å². The SMILES string of the molecule is CCCCOC[C@@H](NC(=O)OC(C)(C)C)C(=O)OCC[Si](C)(C)C. The number of nitrogens with one attached hydrogen (secondary N) is 1. The standard InChI is InChI=1S/C17H35NO5Si/c1-8-9-10-21-13-14(18-16(20)23-17(2,3)4)15(19)22-11-12-24(5,6)7/h14H,8-13H2,1-7H3,(H,18,20)/t14-/m1/s1. The van der Waals surface area contributed by atoms with Gasteiger partial charge in [0, 0.05) is 14.7 Å². The van der Waals surface area contributed by atoms with Gasteiger partial charge in [0.25, 0.3) is 0 Å². The number of esters is 1. The van der Waals surface area contributed by atoms with Crippen molar-refractivity contribution >= 4 is 20.1 Å². The zero-order valence-electron chi connectivity index (χ0n) is 16.4. The summed E-state index contributed by atoms with van der Waals surface area (Å²) in [6.07, 6.45) is 1.27. The van der Waals surface area contributed by atoms with Crippen LogP contribution in [-0.2, 0) is 19.0 Å². The fourth-order valence-corrected chi connectivity index (χ4v) is 2.34. The molecule has 0 aliphatic heterocycles. The summed E-state index contributed by atoms with van der Waals surface area (Å²) in [5.41, 5.74) is -0.626. The van der Waals surface area contributed by atoms with E-state index >= 15 is 0 Å². The minimum absolute atomic E-state index is 0.0883. The molecule has 0 spiro atoms. The monoisotopic (exact) mass is 361 g/mol. The van der Waals surface area contributed by atoms with E-state index in [1.54, 1.807) is 20.8 Å². The molecule has 7 heteroatoms. The van der Waals surface area contributed by atoms with Crippen molar-refractivity contribution in [1.29, 1.82) is 0 Å². The Morgan fingerprint density at radius 3 is 2.25 bits per heavy atom. The van der Waals surface area contributed by atoms with Crippen LogP contribution in [0.5, 0.6) is 0 Å². The minimum Gasteiger partial charge on any atom is -0.464 e. The van der Waals surface area contributed by atoms with E-state index in [4.69, 9.17) is 14.2 Å². The molecule has 0 aromatic rings. The highest BCUT2D eigenvalue weighted by Gasteiger charge is 2.26. The van der Waals surface area contributed by atoms with Gasteiger partial charge >= 0.3 is 12.1 Å². The highest BCUT2D eigenvalue weighted by molar-refractivity contribution is 6.76. The second-order valence-corrected chi connectivity index (χ2v) is 13.7. The lowest BCUT2D eigenvalue weighted by Gasteiger charge is -2.23. The molecule has 0 radical (unpaired) electrons. The van der Waals surface area contributed by atoms with Gasteiger partial charge in [0.2, 0.25) is 0 Å². The lowest BCUT2D eigenvalue weighted by Crippen LogP contribution is -2.47. The van der Waals surface area contributed by atoms with Gasteiger partial charge in [0.1, 0.15) is 5.60 Å². The van der Waals surface area contributed by atoms with E-state index in [0.717, 1.165) is 18.9 Å². The molecule has 0 saturated carbocycles. The smallest absolute Gasteiger partial charge is 0.408 e. The summed E-state index contributed by atoms with van der Waals surface area (Å²) in [5.74, 6) is -0.476. The third-order valence-electron chi connectivity index (χ3n) is 3.00. The molecule has 0 rings (SSSR count). The molecule has 0 heterocycles. The van der Waals surface area contributed by atoms with Crippen LogP contribution < -0.4 is 5.32 Å². The Kier molecular flexibility index (Phi) is 10.2. The van der Waals surface area contributed by atoms with E-state index < -0.39 is 31.8 Å². The number of hydrogen-bond acceptors (Lipinski definition) is 5. The molecule has 24 heavy (non-hydrogen) atoms. The highest BCUT2D eigenvalue weighted by atomic mass is 28.3. The quantitative estimate of drug-likeness (QED) is 0.366. The molecule has 6 nitrogen and oxygen atoms in total. The average molecular weight is 362 g/mol. The Labute approximate surface area is 147 Å². The second-order valence-electron chi connectivity index (χ2n) is 8.11. The highest BCUT2D eigenvalue weighted by Crippen LogP contribution is 2.09. The molecule has 0 bridgehead atoms. The molecular weight excluding hydrogens is 326 g/mol. The van der Waals surface area contributed by atoms with Crippen molar-refractivity contribution in [3.8, 4) is 0 Å². The molecule has 0 aliphatic carbocycles. The number of alkyl carbamates (subject to hydrolysis) is 1. The van der Waals surface area contributed by atoms with E-state index in [9.17, 15) is 9.59 Å². The molecule has 0 saturated heterocycles. The minimum atomic E-state index is -1.28. The zero-order valence-corrected chi connectivity index (χ0v) is 17.4. The van der Waals surface area contributed by atoms with E-state index in [-0.39, 0.29) is 6.61 Å². The van der Waals surface area contributed by atoms with Gasteiger partial charge in [-0.3, -0.25) is 0 Å². The van der Waals surface area contributed by atoms with Crippen molar-refractivity contribution in [2.45, 2.75) is 77.9 Å². The fourth-order valence-electron chi connectivity index (χ4n) is 1.62. The number of ether oxygens (including phenoxy) is 3. The van der Waals surface area contributed by atoms with E-state index in [1.807, 2.05) is 0 Å². The lowest BCUT2D eigenvalue weighted by atomic mass is 10.2. The average Bonchev–Trinajstić information content (AvgIpc) is 2.38. The number of carbonyl (C=O) groups excluding carboxylic acids is 2. The van der Waals surface area contributed by atoms with Crippen LogP contribution in [0.25, 0.3) is 0 Å². The van der Waals surface area contributed by atoms with Crippen molar-refractivity contribution in [2.75, 3.05) is 19.8 Å². The maximum Gasteiger partial charge on any atom is 0.408 e. The van der Waals surface area contributed by atoms with Crippen molar-refractivity contribution in [3.63, 3.8) is 0 Å². The molecule has 1 N–H and O–H groups in total. The second kappa shape index (κ2) is 10.7. The van der Waals surface area contributed by atoms with Crippen LogP contribution in [-0.4, -0.2) is 51.6 Å². The maximum absolute atomic E-state index is 12.2. The molecule has 0 fully saturated rings. The van der Waals surface area contributed by atoms with Crippen molar-refractivity contribution in [3.05, 3.63) is 0 Å². The van der Waals surface area contributed by atoms with Gasteiger partial charge in [0.15, 0.2) is 6.04 Å². The third kappa shape index (κ3) is 13.4. The Hall–Kier alpha value is -1.08. The number of rotatable bonds is 10. The van der Waals surface area contributed by atoms with Crippen LogP contribution in [0.1, 0.15) is 40.5 Å². The van der Waals surface area contributed by atoms with Crippen LogP contribution in [0.2, 0.25) is 25.7 Å². The first-order valence-corrected chi connectivity index (χ1v) is 12.4. The summed E-state index contributed by atoms with van der Waals surface area (Å²) in [7, 11) is -1.28. The Morgan fingerprint density at radius 1 is 1.12 bits per heavy atom. The Bertz CT molecular complexity index is 387.